The molecule has 0 atom stereocenters. The molecule has 14 heteroatoms. The summed E-state index contributed by atoms with van der Waals surface area (Å²) in [4.78, 5) is 11.3. The third-order valence-corrected chi connectivity index (χ3v) is 8.03. The van der Waals surface area contributed by atoms with Crippen LogP contribution in [0.5, 0.6) is 0 Å². The van der Waals surface area contributed by atoms with Crippen LogP contribution < -0.4 is 4.72 Å². The van der Waals surface area contributed by atoms with Crippen molar-refractivity contribution >= 4 is 62.9 Å². The average Bonchev–Trinajstić information content (AvgIpc) is 2.69. The third kappa shape index (κ3) is 5.45. The molecule has 0 heterocycles. The highest BCUT2D eigenvalue weighted by Gasteiger charge is 2.32. The summed E-state index contributed by atoms with van der Waals surface area (Å²) in [6.07, 6.45) is 1.25. The van der Waals surface area contributed by atoms with Gasteiger partial charge < -0.3 is 0 Å². The van der Waals surface area contributed by atoms with Crippen molar-refractivity contribution in [3.8, 4) is 0 Å². The van der Waals surface area contributed by atoms with Crippen molar-refractivity contribution in [1.29, 1.82) is 0 Å². The van der Waals surface area contributed by atoms with Gasteiger partial charge in [0.2, 0.25) is 9.84 Å². The summed E-state index contributed by atoms with van der Waals surface area (Å²) in [5.74, 6) is -1.10. The Morgan fingerprint density at radius 1 is 0.781 bits per heavy atom. The van der Waals surface area contributed by atoms with Crippen LogP contribution in [-0.2, 0) is 33.9 Å². The molecule has 0 saturated heterocycles. The van der Waals surface area contributed by atoms with Crippen LogP contribution in [-0.4, -0.2) is 36.7 Å². The van der Waals surface area contributed by atoms with Gasteiger partial charge in [0.1, 0.15) is 10.6 Å². The van der Waals surface area contributed by atoms with Crippen LogP contribution >= 0.6 is 22.3 Å². The number of sulfone groups is 1. The molecule has 0 radical (unpaired) electrons. The number of nitrogens with zero attached hydrogens (tertiary/aromatic N) is 1. The molecule has 32 heavy (non-hydrogen) atoms. The third-order valence-electron chi connectivity index (χ3n) is 3.98. The molecule has 0 bridgehead atoms. The first-order chi connectivity index (χ1) is 14.8. The monoisotopic (exact) mass is 534 g/mol. The number of halogens is 2. The number of hydrogen-bond acceptors (Lipinski definition) is 7. The van der Waals surface area contributed by atoms with Crippen molar-refractivity contribution in [2.45, 2.75) is 9.79 Å². The van der Waals surface area contributed by atoms with Crippen molar-refractivity contribution in [3.63, 3.8) is 0 Å². The number of ketones is 1. The summed E-state index contributed by atoms with van der Waals surface area (Å²) in [5, 5.41) is 0.251. The molecule has 0 amide bonds. The normalized spacial score (nSPS) is 16.4. The van der Waals surface area contributed by atoms with E-state index in [0.717, 1.165) is 12.1 Å². The number of sulfonamides is 1. The van der Waals surface area contributed by atoms with Gasteiger partial charge in [-0.25, -0.2) is 16.8 Å². The maximum absolute atomic E-state index is 12.9. The molecule has 0 fully saturated rings. The van der Waals surface area contributed by atoms with Crippen molar-refractivity contribution < 1.29 is 30.0 Å². The van der Waals surface area contributed by atoms with E-state index in [0.29, 0.717) is 12.2 Å². The SMILES string of the molecule is O=C1C=C(NS(=O)(=O)c2ccccc2)/C(=N\S(=O)(=O)Cl)C=C1S(=O)(=O)c1ccc(Cl)cc1. The lowest BCUT2D eigenvalue weighted by Crippen LogP contribution is -2.31. The van der Waals surface area contributed by atoms with Gasteiger partial charge in [0, 0.05) is 21.8 Å². The van der Waals surface area contributed by atoms with Crippen molar-refractivity contribution in [3.05, 3.63) is 82.4 Å². The molecule has 2 aromatic rings. The molecule has 0 aliphatic heterocycles. The van der Waals surface area contributed by atoms with Gasteiger partial charge in [0.15, 0.2) is 5.78 Å². The Morgan fingerprint density at radius 3 is 1.94 bits per heavy atom. The molecule has 1 N–H and O–H groups in total. The molecule has 0 aromatic heterocycles. The molecule has 0 spiro atoms. The molecule has 168 valence electrons. The summed E-state index contributed by atoms with van der Waals surface area (Å²) >= 11 is 5.75. The fraction of sp³-hybridized carbons (Fsp3) is 0. The zero-order chi connectivity index (χ0) is 23.7. The van der Waals surface area contributed by atoms with Gasteiger partial charge in [-0.1, -0.05) is 29.8 Å². The summed E-state index contributed by atoms with van der Waals surface area (Å²) < 4.78 is 79.2. The van der Waals surface area contributed by atoms with Gasteiger partial charge in [0.25, 0.3) is 10.0 Å². The topological polar surface area (TPSA) is 144 Å². The van der Waals surface area contributed by atoms with E-state index in [1.165, 1.54) is 36.4 Å². The molecular formula is C18H12Cl2N2O7S3. The average molecular weight is 535 g/mol. The number of nitrogens with one attached hydrogen (secondary N) is 1. The predicted molar refractivity (Wildman–Crippen MR) is 119 cm³/mol. The van der Waals surface area contributed by atoms with Crippen LogP contribution in [0.3, 0.4) is 0 Å². The van der Waals surface area contributed by atoms with Crippen LogP contribution in [0, 0.1) is 0 Å². The molecule has 9 nitrogen and oxygen atoms in total. The second-order valence-electron chi connectivity index (χ2n) is 6.20. The van der Waals surface area contributed by atoms with Crippen LogP contribution in [0.25, 0.3) is 0 Å². The van der Waals surface area contributed by atoms with E-state index in [1.54, 1.807) is 6.07 Å². The van der Waals surface area contributed by atoms with Crippen LogP contribution in [0.2, 0.25) is 5.02 Å². The number of carbonyl (C=O) groups is 1. The van der Waals surface area contributed by atoms with Gasteiger partial charge in [-0.15, -0.1) is 4.40 Å². The first-order valence-corrected chi connectivity index (χ1v) is 14.0. The van der Waals surface area contributed by atoms with E-state index in [1.807, 2.05) is 4.72 Å². The molecule has 0 saturated carbocycles. The van der Waals surface area contributed by atoms with E-state index < -0.39 is 51.2 Å². The number of allylic oxidation sites excluding steroid dienone is 3. The minimum atomic E-state index is -4.62. The van der Waals surface area contributed by atoms with Gasteiger partial charge in [-0.3, -0.25) is 9.52 Å². The van der Waals surface area contributed by atoms with Gasteiger partial charge in [-0.2, -0.15) is 8.42 Å². The fourth-order valence-electron chi connectivity index (χ4n) is 2.58. The Bertz CT molecular complexity index is 1490. The minimum Gasteiger partial charge on any atom is -0.288 e. The second kappa shape index (κ2) is 8.79. The molecule has 2 aromatic carbocycles. The lowest BCUT2D eigenvalue weighted by Gasteiger charge is -2.17. The quantitative estimate of drug-likeness (QED) is 0.442. The van der Waals surface area contributed by atoms with Gasteiger partial charge in [-0.05, 0) is 42.5 Å². The van der Waals surface area contributed by atoms with Gasteiger partial charge in [0.05, 0.1) is 15.5 Å². The Kier molecular flexibility index (Phi) is 6.63. The molecule has 3 rings (SSSR count). The number of hydrogen-bond donors (Lipinski definition) is 1. The highest BCUT2D eigenvalue weighted by atomic mass is 35.7. The first-order valence-electron chi connectivity index (χ1n) is 8.41. The van der Waals surface area contributed by atoms with E-state index >= 15 is 0 Å². The highest BCUT2D eigenvalue weighted by Crippen LogP contribution is 2.26. The minimum absolute atomic E-state index is 0.190. The van der Waals surface area contributed by atoms with E-state index in [-0.39, 0.29) is 14.8 Å². The highest BCUT2D eigenvalue weighted by molar-refractivity contribution is 8.12. The standard InChI is InChI=1S/C18H12Cl2N2O7S3/c19-12-6-8-13(9-7-12)30(24,25)18-11-16(22-32(20,28)29)15(10-17(18)23)21-31(26,27)14-4-2-1-3-5-14/h1-11,21H/b22-16-. The summed E-state index contributed by atoms with van der Waals surface area (Å²) in [6, 6.07) is 11.9. The Labute approximate surface area is 193 Å². The lowest BCUT2D eigenvalue weighted by molar-refractivity contribution is -0.110. The van der Waals surface area contributed by atoms with E-state index in [9.17, 15) is 30.0 Å². The number of carbonyl (C=O) groups excluding carboxylic acids is 1. The Hall–Kier alpha value is -2.51. The summed E-state index contributed by atoms with van der Waals surface area (Å²) in [5.41, 5.74) is -1.26. The fourth-order valence-corrected chi connectivity index (χ4v) is 5.74. The summed E-state index contributed by atoms with van der Waals surface area (Å²) in [6.45, 7) is 0. The second-order valence-corrected chi connectivity index (χ2v) is 12.4. The largest absolute Gasteiger partial charge is 0.340 e. The van der Waals surface area contributed by atoms with Crippen molar-refractivity contribution in [1.82, 2.24) is 4.72 Å². The van der Waals surface area contributed by atoms with Crippen molar-refractivity contribution in [2.75, 3.05) is 0 Å². The van der Waals surface area contributed by atoms with Crippen LogP contribution in [0.4, 0.5) is 0 Å². The molecule has 1 aliphatic carbocycles. The van der Waals surface area contributed by atoms with Crippen molar-refractivity contribution in [2.24, 2.45) is 4.40 Å². The molecule has 1 aliphatic rings. The zero-order valence-corrected chi connectivity index (χ0v) is 19.6. The first kappa shape index (κ1) is 24.1. The van der Waals surface area contributed by atoms with Crippen LogP contribution in [0.15, 0.2) is 91.5 Å². The maximum atomic E-state index is 12.9. The van der Waals surface area contributed by atoms with Crippen LogP contribution in [0.1, 0.15) is 0 Å². The predicted octanol–water partition coefficient (Wildman–Crippen LogP) is 2.37. The smallest absolute Gasteiger partial charge is 0.288 e. The molecule has 0 unspecified atom stereocenters. The van der Waals surface area contributed by atoms with E-state index in [4.69, 9.17) is 22.3 Å². The Balaban J connectivity index is 2.10. The zero-order valence-electron chi connectivity index (χ0n) is 15.6. The van der Waals surface area contributed by atoms with E-state index in [2.05, 4.69) is 4.40 Å². The molecular weight excluding hydrogens is 523 g/mol. The lowest BCUT2D eigenvalue weighted by atomic mass is 10.1. The number of benzene rings is 2. The summed E-state index contributed by atoms with van der Waals surface area (Å²) in [7, 11) is -8.15. The number of rotatable bonds is 6. The van der Waals surface area contributed by atoms with Gasteiger partial charge >= 0.3 is 9.24 Å². The Morgan fingerprint density at radius 2 is 1.38 bits per heavy atom. The maximum Gasteiger partial charge on any atom is 0.340 e.